The Morgan fingerprint density at radius 1 is 0.862 bits per heavy atom. The van der Waals surface area contributed by atoms with Crippen LogP contribution in [0.2, 0.25) is 0 Å². The summed E-state index contributed by atoms with van der Waals surface area (Å²) in [4.78, 5) is 12.3. The molecule has 2 N–H and O–H groups in total. The molecule has 3 aromatic carbocycles. The third-order valence-corrected chi connectivity index (χ3v) is 5.01. The molecule has 0 aromatic heterocycles. The number of nitriles is 1. The number of carbonyl (C=O) groups is 1. The van der Waals surface area contributed by atoms with Crippen LogP contribution in [-0.2, 0) is 0 Å². The highest BCUT2D eigenvalue weighted by Crippen LogP contribution is 2.27. The Morgan fingerprint density at radius 3 is 1.93 bits per heavy atom. The summed E-state index contributed by atoms with van der Waals surface area (Å²) in [5, 5.41) is 14.8. The molecule has 0 radical (unpaired) electrons. The number of urea groups is 1. The minimum Gasteiger partial charge on any atom is -0.338 e. The lowest BCUT2D eigenvalue weighted by Gasteiger charge is -2.19. The van der Waals surface area contributed by atoms with Crippen LogP contribution in [0.5, 0.6) is 0 Å². The van der Waals surface area contributed by atoms with Gasteiger partial charge < -0.3 is 10.6 Å². The number of rotatable bonds is 7. The molecule has 4 nitrogen and oxygen atoms in total. The predicted molar refractivity (Wildman–Crippen MR) is 115 cm³/mol. The number of carbonyl (C=O) groups excluding carboxylic acids is 1. The van der Waals surface area contributed by atoms with Gasteiger partial charge in [-0.15, -0.1) is 0 Å². The van der Waals surface area contributed by atoms with Crippen LogP contribution < -0.4 is 10.6 Å². The monoisotopic (exact) mass is 383 g/mol. The number of hydrogen-bond acceptors (Lipinski definition) is 2. The van der Waals surface area contributed by atoms with Gasteiger partial charge in [0.2, 0.25) is 0 Å². The number of nitrogens with zero attached hydrogens (tertiary/aromatic N) is 1. The molecule has 0 saturated carbocycles. The van der Waals surface area contributed by atoms with Gasteiger partial charge in [-0.1, -0.05) is 72.8 Å². The highest BCUT2D eigenvalue weighted by molar-refractivity contribution is 5.74. The molecule has 0 bridgehead atoms. The summed E-state index contributed by atoms with van der Waals surface area (Å²) in [5.74, 6) is 0.230. The van der Waals surface area contributed by atoms with Gasteiger partial charge in [0, 0.05) is 12.5 Å². The average molecular weight is 383 g/mol. The van der Waals surface area contributed by atoms with Crippen molar-refractivity contribution in [1.29, 1.82) is 5.26 Å². The summed E-state index contributed by atoms with van der Waals surface area (Å²) in [6, 6.07) is 29.8. The van der Waals surface area contributed by atoms with Crippen molar-refractivity contribution in [2.75, 3.05) is 6.54 Å². The molecule has 4 heteroatoms. The summed E-state index contributed by atoms with van der Waals surface area (Å²) in [7, 11) is 0. The molecule has 1 unspecified atom stereocenters. The Balaban J connectivity index is 1.56. The maximum absolute atomic E-state index is 12.3. The Hall–Kier alpha value is -3.58. The van der Waals surface area contributed by atoms with Gasteiger partial charge in [-0.2, -0.15) is 5.26 Å². The van der Waals surface area contributed by atoms with Crippen molar-refractivity contribution in [3.05, 3.63) is 107 Å². The van der Waals surface area contributed by atoms with Crippen molar-refractivity contribution in [3.63, 3.8) is 0 Å². The van der Waals surface area contributed by atoms with Gasteiger partial charge in [-0.3, -0.25) is 0 Å². The second-order valence-electron chi connectivity index (χ2n) is 7.02. The van der Waals surface area contributed by atoms with E-state index >= 15 is 0 Å². The summed E-state index contributed by atoms with van der Waals surface area (Å²) in [6.07, 6.45) is 0.812. The molecular weight excluding hydrogens is 358 g/mol. The van der Waals surface area contributed by atoms with Crippen LogP contribution in [0.3, 0.4) is 0 Å². The van der Waals surface area contributed by atoms with Crippen LogP contribution >= 0.6 is 0 Å². The zero-order valence-corrected chi connectivity index (χ0v) is 16.5. The first-order valence-electron chi connectivity index (χ1n) is 9.81. The van der Waals surface area contributed by atoms with Gasteiger partial charge in [0.05, 0.1) is 17.7 Å². The molecule has 0 fully saturated rings. The summed E-state index contributed by atoms with van der Waals surface area (Å²) < 4.78 is 0. The van der Waals surface area contributed by atoms with Gasteiger partial charge >= 0.3 is 6.03 Å². The molecular formula is C25H25N3O. The van der Waals surface area contributed by atoms with Crippen molar-refractivity contribution < 1.29 is 4.79 Å². The third-order valence-electron chi connectivity index (χ3n) is 5.01. The van der Waals surface area contributed by atoms with Crippen LogP contribution in [0.1, 0.15) is 47.6 Å². The number of hydrogen-bond donors (Lipinski definition) is 2. The van der Waals surface area contributed by atoms with E-state index in [-0.39, 0.29) is 18.0 Å². The summed E-state index contributed by atoms with van der Waals surface area (Å²) >= 11 is 0. The molecule has 29 heavy (non-hydrogen) atoms. The van der Waals surface area contributed by atoms with E-state index in [0.29, 0.717) is 12.1 Å². The maximum Gasteiger partial charge on any atom is 0.315 e. The number of benzene rings is 3. The fourth-order valence-corrected chi connectivity index (χ4v) is 3.40. The fourth-order valence-electron chi connectivity index (χ4n) is 3.40. The lowest BCUT2D eigenvalue weighted by molar-refractivity contribution is 0.237. The molecule has 0 heterocycles. The van der Waals surface area contributed by atoms with E-state index in [1.165, 1.54) is 11.1 Å². The molecule has 2 amide bonds. The average Bonchev–Trinajstić information content (AvgIpc) is 2.78. The smallest absolute Gasteiger partial charge is 0.315 e. The van der Waals surface area contributed by atoms with Crippen LogP contribution in [0.25, 0.3) is 0 Å². The largest absolute Gasteiger partial charge is 0.338 e. The first-order chi connectivity index (χ1) is 14.2. The Bertz CT molecular complexity index is 907. The minimum atomic E-state index is -0.193. The van der Waals surface area contributed by atoms with E-state index in [9.17, 15) is 4.79 Å². The van der Waals surface area contributed by atoms with Gasteiger partial charge in [0.1, 0.15) is 0 Å². The van der Waals surface area contributed by atoms with Crippen LogP contribution in [0, 0.1) is 11.3 Å². The zero-order chi connectivity index (χ0) is 20.5. The first-order valence-corrected chi connectivity index (χ1v) is 9.81. The quantitative estimate of drug-likeness (QED) is 0.593. The molecule has 146 valence electrons. The minimum absolute atomic E-state index is 0.137. The zero-order valence-electron chi connectivity index (χ0n) is 16.5. The topological polar surface area (TPSA) is 64.9 Å². The SMILES string of the molecule is CC(NC(=O)NCCC(c1ccccc1)c1ccccc1)c1ccc(C#N)cc1. The van der Waals surface area contributed by atoms with Gasteiger partial charge in [0.25, 0.3) is 0 Å². The molecule has 0 spiro atoms. The lowest BCUT2D eigenvalue weighted by atomic mass is 9.88. The third kappa shape index (κ3) is 5.70. The van der Waals surface area contributed by atoms with Crippen molar-refractivity contribution in [3.8, 4) is 6.07 Å². The molecule has 0 saturated heterocycles. The predicted octanol–water partition coefficient (Wildman–Crippen LogP) is 5.14. The molecule has 0 aliphatic carbocycles. The molecule has 3 aromatic rings. The Morgan fingerprint density at radius 2 is 1.41 bits per heavy atom. The second-order valence-corrected chi connectivity index (χ2v) is 7.02. The van der Waals surface area contributed by atoms with E-state index in [0.717, 1.165) is 12.0 Å². The maximum atomic E-state index is 12.3. The van der Waals surface area contributed by atoms with Crippen LogP contribution in [0.15, 0.2) is 84.9 Å². The van der Waals surface area contributed by atoms with Gasteiger partial charge in [0.15, 0.2) is 0 Å². The summed E-state index contributed by atoms with van der Waals surface area (Å²) in [5.41, 5.74) is 4.06. The van der Waals surface area contributed by atoms with E-state index in [1.54, 1.807) is 12.1 Å². The van der Waals surface area contributed by atoms with E-state index in [1.807, 2.05) is 55.5 Å². The van der Waals surface area contributed by atoms with E-state index in [4.69, 9.17) is 5.26 Å². The van der Waals surface area contributed by atoms with Gasteiger partial charge in [-0.05, 0) is 42.2 Å². The van der Waals surface area contributed by atoms with Crippen molar-refractivity contribution in [2.45, 2.75) is 25.3 Å². The molecule has 3 rings (SSSR count). The molecule has 1 atom stereocenters. The standard InChI is InChI=1S/C25H25N3O/c1-19(21-14-12-20(18-26)13-15-21)28-25(29)27-17-16-24(22-8-4-2-5-9-22)23-10-6-3-7-11-23/h2-15,19,24H,16-17H2,1H3,(H2,27,28,29). The summed E-state index contributed by atoms with van der Waals surface area (Å²) in [6.45, 7) is 2.50. The lowest BCUT2D eigenvalue weighted by Crippen LogP contribution is -2.37. The van der Waals surface area contributed by atoms with Crippen LogP contribution in [0.4, 0.5) is 4.79 Å². The van der Waals surface area contributed by atoms with Crippen molar-refractivity contribution >= 4 is 6.03 Å². The van der Waals surface area contributed by atoms with Crippen LogP contribution in [-0.4, -0.2) is 12.6 Å². The highest BCUT2D eigenvalue weighted by atomic mass is 16.2. The number of nitrogens with one attached hydrogen (secondary N) is 2. The molecule has 0 aliphatic heterocycles. The molecule has 0 aliphatic rings. The van der Waals surface area contributed by atoms with Gasteiger partial charge in [-0.25, -0.2) is 4.79 Å². The Labute approximate surface area is 172 Å². The van der Waals surface area contributed by atoms with E-state index in [2.05, 4.69) is 41.0 Å². The first kappa shape index (κ1) is 20.2. The Kier molecular flexibility index (Phi) is 7.02. The highest BCUT2D eigenvalue weighted by Gasteiger charge is 2.15. The number of amides is 2. The second kappa shape index (κ2) is 10.1. The fraction of sp³-hybridized carbons (Fsp3) is 0.200. The van der Waals surface area contributed by atoms with Crippen molar-refractivity contribution in [1.82, 2.24) is 10.6 Å². The normalized spacial score (nSPS) is 11.5. The van der Waals surface area contributed by atoms with E-state index < -0.39 is 0 Å². The van der Waals surface area contributed by atoms with Crippen molar-refractivity contribution in [2.24, 2.45) is 0 Å².